The number of rotatable bonds is 6. The zero-order valence-electron chi connectivity index (χ0n) is 18.3. The lowest BCUT2D eigenvalue weighted by molar-refractivity contribution is 0.122. The van der Waals surface area contributed by atoms with Crippen molar-refractivity contribution in [3.8, 4) is 0 Å². The molecule has 0 atom stereocenters. The molecule has 0 unspecified atom stereocenters. The lowest BCUT2D eigenvalue weighted by Gasteiger charge is -2.31. The number of pyridine rings is 1. The summed E-state index contributed by atoms with van der Waals surface area (Å²) in [6.07, 6.45) is 7.29. The number of halogens is 1. The molecule has 2 aliphatic rings. The van der Waals surface area contributed by atoms with Crippen molar-refractivity contribution in [1.82, 2.24) is 15.2 Å². The quantitative estimate of drug-likeness (QED) is 0.355. The Balaban J connectivity index is 0.00000300. The van der Waals surface area contributed by atoms with Crippen LogP contribution >= 0.6 is 24.0 Å². The predicted molar refractivity (Wildman–Crippen MR) is 131 cm³/mol. The van der Waals surface area contributed by atoms with Gasteiger partial charge in [0.25, 0.3) is 0 Å². The third kappa shape index (κ3) is 7.27. The average Bonchev–Trinajstić information content (AvgIpc) is 2.73. The van der Waals surface area contributed by atoms with Gasteiger partial charge in [-0.15, -0.1) is 24.0 Å². The zero-order chi connectivity index (χ0) is 19.8. The van der Waals surface area contributed by atoms with Crippen molar-refractivity contribution in [2.24, 2.45) is 16.8 Å². The molecule has 29 heavy (non-hydrogen) atoms. The maximum absolute atomic E-state index is 5.49. The zero-order valence-corrected chi connectivity index (χ0v) is 20.6. The van der Waals surface area contributed by atoms with Crippen LogP contribution in [-0.4, -0.2) is 62.3 Å². The molecule has 164 valence electrons. The summed E-state index contributed by atoms with van der Waals surface area (Å²) in [7, 11) is 2.17. The van der Waals surface area contributed by atoms with Crippen LogP contribution in [-0.2, 0) is 11.3 Å². The van der Waals surface area contributed by atoms with Crippen molar-refractivity contribution in [2.45, 2.75) is 46.1 Å². The van der Waals surface area contributed by atoms with E-state index in [-0.39, 0.29) is 24.0 Å². The van der Waals surface area contributed by atoms with Crippen LogP contribution in [0.1, 0.15) is 45.1 Å². The van der Waals surface area contributed by atoms with Crippen LogP contribution in [0.3, 0.4) is 0 Å². The number of nitrogens with zero attached hydrogens (tertiary/aromatic N) is 4. The molecule has 1 aliphatic heterocycles. The van der Waals surface area contributed by atoms with Crippen molar-refractivity contribution in [3.05, 3.63) is 23.9 Å². The monoisotopic (exact) mass is 515 g/mol. The molecule has 1 aliphatic carbocycles. The van der Waals surface area contributed by atoms with Crippen LogP contribution in [0, 0.1) is 11.8 Å². The molecule has 1 saturated carbocycles. The van der Waals surface area contributed by atoms with Crippen LogP contribution in [0.2, 0.25) is 0 Å². The summed E-state index contributed by atoms with van der Waals surface area (Å²) in [5.41, 5.74) is 1.18. The van der Waals surface area contributed by atoms with E-state index in [9.17, 15) is 0 Å². The average molecular weight is 515 g/mol. The highest BCUT2D eigenvalue weighted by Crippen LogP contribution is 2.28. The largest absolute Gasteiger partial charge is 0.378 e. The van der Waals surface area contributed by atoms with Gasteiger partial charge in [-0.25, -0.2) is 9.98 Å². The Hall–Kier alpha value is -1.09. The molecule has 2 fully saturated rings. The normalized spacial score (nSPS) is 22.7. The summed E-state index contributed by atoms with van der Waals surface area (Å²) in [6.45, 7) is 10.5. The number of morpholine rings is 1. The van der Waals surface area contributed by atoms with E-state index in [1.165, 1.54) is 31.2 Å². The minimum absolute atomic E-state index is 0. The van der Waals surface area contributed by atoms with Gasteiger partial charge in [0.05, 0.1) is 19.8 Å². The number of aliphatic imine (C=N–C) groups is 1. The van der Waals surface area contributed by atoms with Gasteiger partial charge in [-0.05, 0) is 37.7 Å². The number of hydrogen-bond donors (Lipinski definition) is 1. The van der Waals surface area contributed by atoms with Gasteiger partial charge >= 0.3 is 0 Å². The standard InChI is InChI=1S/C22H37N5O.HI/c1-4-23-22(26(3)17-19-9-7-18(2)8-10-19)25-16-20-6-5-11-24-21(20)27-12-14-28-15-13-27;/h5-6,11,18-19H,4,7-10,12-17H2,1-3H3,(H,23,25);1H. The first-order valence-corrected chi connectivity index (χ1v) is 10.9. The van der Waals surface area contributed by atoms with Gasteiger partial charge in [0.1, 0.15) is 5.82 Å². The van der Waals surface area contributed by atoms with Crippen LogP contribution in [0.25, 0.3) is 0 Å². The molecular formula is C22H38IN5O. The molecule has 2 heterocycles. The van der Waals surface area contributed by atoms with Crippen molar-refractivity contribution < 1.29 is 4.74 Å². The van der Waals surface area contributed by atoms with Crippen LogP contribution in [0.15, 0.2) is 23.3 Å². The van der Waals surface area contributed by atoms with Crippen LogP contribution in [0.4, 0.5) is 5.82 Å². The molecule has 0 aromatic carbocycles. The topological polar surface area (TPSA) is 53.0 Å². The SMILES string of the molecule is CCNC(=NCc1cccnc1N1CCOCC1)N(C)CC1CCC(C)CC1.I. The molecule has 6 nitrogen and oxygen atoms in total. The van der Waals surface area contributed by atoms with Gasteiger partial charge in [0, 0.05) is 45.0 Å². The molecule has 0 bridgehead atoms. The Kier molecular flexibility index (Phi) is 10.5. The first kappa shape index (κ1) is 24.2. The Labute approximate surface area is 193 Å². The van der Waals surface area contributed by atoms with Crippen LogP contribution in [0.5, 0.6) is 0 Å². The smallest absolute Gasteiger partial charge is 0.193 e. The molecule has 0 spiro atoms. The van der Waals surface area contributed by atoms with E-state index in [4.69, 9.17) is 9.73 Å². The summed E-state index contributed by atoms with van der Waals surface area (Å²) in [4.78, 5) is 14.2. The molecule has 1 N–H and O–H groups in total. The minimum atomic E-state index is 0. The summed E-state index contributed by atoms with van der Waals surface area (Å²) < 4.78 is 5.49. The Morgan fingerprint density at radius 3 is 2.69 bits per heavy atom. The second kappa shape index (κ2) is 12.6. The third-order valence-corrected chi connectivity index (χ3v) is 5.94. The highest BCUT2D eigenvalue weighted by atomic mass is 127. The van der Waals surface area contributed by atoms with E-state index in [0.717, 1.165) is 63.0 Å². The van der Waals surface area contributed by atoms with Gasteiger partial charge < -0.3 is 19.9 Å². The van der Waals surface area contributed by atoms with E-state index in [0.29, 0.717) is 6.54 Å². The van der Waals surface area contributed by atoms with E-state index in [1.54, 1.807) is 0 Å². The van der Waals surface area contributed by atoms with Gasteiger partial charge in [-0.2, -0.15) is 0 Å². The summed E-state index contributed by atoms with van der Waals surface area (Å²) in [5, 5.41) is 3.47. The summed E-state index contributed by atoms with van der Waals surface area (Å²) in [5.74, 6) is 3.73. The molecule has 1 aromatic rings. The van der Waals surface area contributed by atoms with Gasteiger partial charge in [0.15, 0.2) is 5.96 Å². The molecule has 7 heteroatoms. The van der Waals surface area contributed by atoms with Crippen molar-refractivity contribution in [3.63, 3.8) is 0 Å². The van der Waals surface area contributed by atoms with E-state index in [2.05, 4.69) is 47.1 Å². The maximum Gasteiger partial charge on any atom is 0.193 e. The third-order valence-electron chi connectivity index (χ3n) is 5.94. The van der Waals surface area contributed by atoms with Crippen molar-refractivity contribution >= 4 is 35.8 Å². The number of guanidine groups is 1. The molecule has 1 saturated heterocycles. The fraction of sp³-hybridized carbons (Fsp3) is 0.727. The van der Waals surface area contributed by atoms with Crippen molar-refractivity contribution in [2.75, 3.05) is 51.3 Å². The fourth-order valence-corrected chi connectivity index (χ4v) is 4.23. The fourth-order valence-electron chi connectivity index (χ4n) is 4.23. The van der Waals surface area contributed by atoms with Gasteiger partial charge in [-0.3, -0.25) is 0 Å². The van der Waals surface area contributed by atoms with Crippen LogP contribution < -0.4 is 10.2 Å². The molecular weight excluding hydrogens is 477 g/mol. The maximum atomic E-state index is 5.49. The number of nitrogens with one attached hydrogen (secondary N) is 1. The molecule has 3 rings (SSSR count). The number of hydrogen-bond acceptors (Lipinski definition) is 4. The van der Waals surface area contributed by atoms with Gasteiger partial charge in [-0.1, -0.05) is 25.8 Å². The van der Waals surface area contributed by atoms with E-state index in [1.807, 2.05) is 12.3 Å². The molecule has 1 aromatic heterocycles. The Morgan fingerprint density at radius 2 is 2.00 bits per heavy atom. The second-order valence-corrected chi connectivity index (χ2v) is 8.26. The lowest BCUT2D eigenvalue weighted by Crippen LogP contribution is -2.42. The first-order valence-electron chi connectivity index (χ1n) is 10.9. The number of aromatic nitrogens is 1. The first-order chi connectivity index (χ1) is 13.7. The van der Waals surface area contributed by atoms with Gasteiger partial charge in [0.2, 0.25) is 0 Å². The Bertz CT molecular complexity index is 627. The molecule has 0 radical (unpaired) electrons. The van der Waals surface area contributed by atoms with E-state index >= 15 is 0 Å². The summed E-state index contributed by atoms with van der Waals surface area (Å²) >= 11 is 0. The number of anilines is 1. The lowest BCUT2D eigenvalue weighted by atomic mass is 9.83. The minimum Gasteiger partial charge on any atom is -0.378 e. The van der Waals surface area contributed by atoms with E-state index < -0.39 is 0 Å². The predicted octanol–water partition coefficient (Wildman–Crippen LogP) is 3.76. The van der Waals surface area contributed by atoms with Crippen molar-refractivity contribution in [1.29, 1.82) is 0 Å². The Morgan fingerprint density at radius 1 is 1.28 bits per heavy atom. The second-order valence-electron chi connectivity index (χ2n) is 8.26. The highest BCUT2D eigenvalue weighted by molar-refractivity contribution is 14.0. The number of ether oxygens (including phenoxy) is 1. The summed E-state index contributed by atoms with van der Waals surface area (Å²) in [6, 6.07) is 4.15. The highest BCUT2D eigenvalue weighted by Gasteiger charge is 2.21. The molecule has 0 amide bonds.